The molecule has 0 aromatic heterocycles. The van der Waals surface area contributed by atoms with E-state index in [1.165, 1.54) is 5.56 Å². The molecule has 1 aliphatic heterocycles. The van der Waals surface area contributed by atoms with Gasteiger partial charge in [-0.05, 0) is 31.7 Å². The number of carbonyl (C=O) groups excluding carboxylic acids is 2. The second-order valence-corrected chi connectivity index (χ2v) is 8.48. The van der Waals surface area contributed by atoms with Gasteiger partial charge in [-0.3, -0.25) is 9.59 Å². The summed E-state index contributed by atoms with van der Waals surface area (Å²) in [6, 6.07) is 10.3. The average molecular weight is 377 g/mol. The van der Waals surface area contributed by atoms with Crippen LogP contribution in [0.1, 0.15) is 45.1 Å². The number of thioether (sulfide) groups is 1. The Morgan fingerprint density at radius 1 is 1.23 bits per heavy atom. The van der Waals surface area contributed by atoms with Crippen LogP contribution >= 0.6 is 11.8 Å². The van der Waals surface area contributed by atoms with E-state index in [4.69, 9.17) is 0 Å². The van der Waals surface area contributed by atoms with Gasteiger partial charge < -0.3 is 9.80 Å². The zero-order chi connectivity index (χ0) is 18.9. The van der Waals surface area contributed by atoms with Gasteiger partial charge in [0.2, 0.25) is 11.8 Å². The summed E-state index contributed by atoms with van der Waals surface area (Å²) >= 11 is 1.69. The predicted octanol–water partition coefficient (Wildman–Crippen LogP) is 3.81. The first-order valence-corrected chi connectivity index (χ1v) is 10.8. The summed E-state index contributed by atoms with van der Waals surface area (Å²) in [7, 11) is 1.90. The van der Waals surface area contributed by atoms with E-state index < -0.39 is 0 Å². The Morgan fingerprint density at radius 2 is 1.88 bits per heavy atom. The third-order valence-corrected chi connectivity index (χ3v) is 6.27. The van der Waals surface area contributed by atoms with Crippen LogP contribution in [0.3, 0.4) is 0 Å². The Morgan fingerprint density at radius 3 is 2.50 bits per heavy atom. The molecular weight excluding hydrogens is 344 g/mol. The minimum absolute atomic E-state index is 0.0466. The highest BCUT2D eigenvalue weighted by Gasteiger charge is 2.30. The Kier molecular flexibility index (Phi) is 8.49. The number of unbranched alkanes of at least 4 members (excludes halogenated alkanes) is 1. The van der Waals surface area contributed by atoms with Crippen LogP contribution in [0.2, 0.25) is 0 Å². The Balaban J connectivity index is 1.75. The largest absolute Gasteiger partial charge is 0.346 e. The number of nitrogens with zero attached hydrogens (tertiary/aromatic N) is 2. The summed E-state index contributed by atoms with van der Waals surface area (Å²) in [5.74, 6) is 1.38. The molecule has 0 N–H and O–H groups in total. The quantitative estimate of drug-likeness (QED) is 0.693. The first-order valence-electron chi connectivity index (χ1n) is 9.72. The van der Waals surface area contributed by atoms with Crippen LogP contribution in [0.4, 0.5) is 0 Å². The number of piperidine rings is 1. The summed E-state index contributed by atoms with van der Waals surface area (Å²) in [6.45, 7) is 6.37. The van der Waals surface area contributed by atoms with Crippen molar-refractivity contribution in [2.24, 2.45) is 5.92 Å². The molecule has 0 spiro atoms. The summed E-state index contributed by atoms with van der Waals surface area (Å²) < 4.78 is 0. The number of hydrogen-bond donors (Lipinski definition) is 0. The molecule has 26 heavy (non-hydrogen) atoms. The van der Waals surface area contributed by atoms with Gasteiger partial charge in [-0.15, -0.1) is 11.8 Å². The highest BCUT2D eigenvalue weighted by atomic mass is 32.2. The van der Waals surface area contributed by atoms with E-state index in [-0.39, 0.29) is 23.0 Å². The van der Waals surface area contributed by atoms with E-state index in [1.54, 1.807) is 11.8 Å². The maximum atomic E-state index is 12.7. The van der Waals surface area contributed by atoms with Gasteiger partial charge in [0.05, 0.1) is 5.25 Å². The van der Waals surface area contributed by atoms with Gasteiger partial charge in [-0.1, -0.05) is 43.7 Å². The maximum absolute atomic E-state index is 12.7. The fourth-order valence-electron chi connectivity index (χ4n) is 3.29. The van der Waals surface area contributed by atoms with E-state index in [0.29, 0.717) is 13.1 Å². The lowest BCUT2D eigenvalue weighted by Gasteiger charge is -2.34. The van der Waals surface area contributed by atoms with Crippen LogP contribution in [0.25, 0.3) is 0 Å². The molecule has 1 unspecified atom stereocenters. The second-order valence-electron chi connectivity index (χ2n) is 7.15. The topological polar surface area (TPSA) is 40.6 Å². The fourth-order valence-corrected chi connectivity index (χ4v) is 4.21. The molecule has 0 radical (unpaired) electrons. The molecule has 1 aliphatic rings. The molecule has 5 heteroatoms. The molecule has 0 bridgehead atoms. The maximum Gasteiger partial charge on any atom is 0.235 e. The van der Waals surface area contributed by atoms with Crippen molar-refractivity contribution in [2.45, 2.75) is 50.5 Å². The summed E-state index contributed by atoms with van der Waals surface area (Å²) in [6.07, 6.45) is 3.73. The van der Waals surface area contributed by atoms with Gasteiger partial charge >= 0.3 is 0 Å². The standard InChI is InChI=1S/C21H32N2O2S/c1-4-5-13-22(3)21(25)19-11-14-23(15-12-19)20(24)17(2)26-16-18-9-7-6-8-10-18/h6-10,17,19H,4-5,11-16H2,1-3H3. The van der Waals surface area contributed by atoms with Crippen LogP contribution in [0, 0.1) is 5.92 Å². The Labute approximate surface area is 162 Å². The SMILES string of the molecule is CCCCN(C)C(=O)C1CCN(C(=O)C(C)SCc2ccccc2)CC1. The van der Waals surface area contributed by atoms with Crippen molar-refractivity contribution < 1.29 is 9.59 Å². The van der Waals surface area contributed by atoms with Gasteiger partial charge in [0.15, 0.2) is 0 Å². The number of amides is 2. The summed E-state index contributed by atoms with van der Waals surface area (Å²) in [5.41, 5.74) is 1.25. The van der Waals surface area contributed by atoms with Crippen molar-refractivity contribution in [2.75, 3.05) is 26.7 Å². The number of likely N-dealkylation sites (tertiary alicyclic amines) is 1. The Bertz CT molecular complexity index is 571. The molecule has 1 heterocycles. The van der Waals surface area contributed by atoms with Gasteiger partial charge in [0, 0.05) is 38.4 Å². The molecule has 1 fully saturated rings. The van der Waals surface area contributed by atoms with E-state index in [9.17, 15) is 9.59 Å². The van der Waals surface area contributed by atoms with Gasteiger partial charge in [-0.25, -0.2) is 0 Å². The van der Waals surface area contributed by atoms with Gasteiger partial charge in [-0.2, -0.15) is 0 Å². The van der Waals surface area contributed by atoms with Crippen LogP contribution in [0.5, 0.6) is 0 Å². The Hall–Kier alpha value is -1.49. The van der Waals surface area contributed by atoms with E-state index in [1.807, 2.05) is 42.0 Å². The number of carbonyl (C=O) groups is 2. The van der Waals surface area contributed by atoms with Crippen molar-refractivity contribution in [3.63, 3.8) is 0 Å². The lowest BCUT2D eigenvalue weighted by Crippen LogP contribution is -2.45. The lowest BCUT2D eigenvalue weighted by atomic mass is 9.95. The molecule has 0 saturated carbocycles. The minimum atomic E-state index is -0.0466. The molecule has 2 rings (SSSR count). The van der Waals surface area contributed by atoms with Gasteiger partial charge in [0.1, 0.15) is 0 Å². The molecular formula is C21H32N2O2S. The van der Waals surface area contributed by atoms with Crippen LogP contribution in [-0.4, -0.2) is 53.5 Å². The van der Waals surface area contributed by atoms with Crippen LogP contribution in [-0.2, 0) is 15.3 Å². The number of hydrogen-bond acceptors (Lipinski definition) is 3. The number of benzene rings is 1. The van der Waals surface area contributed by atoms with Crippen molar-refractivity contribution in [3.05, 3.63) is 35.9 Å². The minimum Gasteiger partial charge on any atom is -0.346 e. The zero-order valence-electron chi connectivity index (χ0n) is 16.3. The van der Waals surface area contributed by atoms with Crippen molar-refractivity contribution >= 4 is 23.6 Å². The smallest absolute Gasteiger partial charge is 0.235 e. The lowest BCUT2D eigenvalue weighted by molar-refractivity contribution is -0.139. The third-order valence-electron chi connectivity index (χ3n) is 5.07. The molecule has 1 atom stereocenters. The number of rotatable bonds is 8. The molecule has 144 valence electrons. The molecule has 2 amide bonds. The summed E-state index contributed by atoms with van der Waals surface area (Å²) in [4.78, 5) is 29.0. The first-order chi connectivity index (χ1) is 12.5. The molecule has 0 aliphatic carbocycles. The molecule has 4 nitrogen and oxygen atoms in total. The third kappa shape index (κ3) is 6.04. The highest BCUT2D eigenvalue weighted by molar-refractivity contribution is 7.99. The van der Waals surface area contributed by atoms with E-state index in [0.717, 1.165) is 38.0 Å². The molecule has 1 aromatic rings. The molecule has 1 saturated heterocycles. The first kappa shape index (κ1) is 20.8. The van der Waals surface area contributed by atoms with Crippen molar-refractivity contribution in [1.82, 2.24) is 9.80 Å². The predicted molar refractivity (Wildman–Crippen MR) is 109 cm³/mol. The van der Waals surface area contributed by atoms with Gasteiger partial charge in [0.25, 0.3) is 0 Å². The fraction of sp³-hybridized carbons (Fsp3) is 0.619. The average Bonchev–Trinajstić information content (AvgIpc) is 2.70. The van der Waals surface area contributed by atoms with Crippen molar-refractivity contribution in [3.8, 4) is 0 Å². The monoisotopic (exact) mass is 376 g/mol. The normalized spacial score (nSPS) is 16.3. The zero-order valence-corrected chi connectivity index (χ0v) is 17.1. The molecule has 1 aromatic carbocycles. The van der Waals surface area contributed by atoms with Crippen LogP contribution < -0.4 is 0 Å². The second kappa shape index (κ2) is 10.6. The summed E-state index contributed by atoms with van der Waals surface area (Å²) in [5, 5.41) is -0.0466. The van der Waals surface area contributed by atoms with E-state index in [2.05, 4.69) is 19.1 Å². The van der Waals surface area contributed by atoms with E-state index >= 15 is 0 Å². The van der Waals surface area contributed by atoms with Crippen molar-refractivity contribution in [1.29, 1.82) is 0 Å². The van der Waals surface area contributed by atoms with Crippen LogP contribution in [0.15, 0.2) is 30.3 Å². The highest BCUT2D eigenvalue weighted by Crippen LogP contribution is 2.24.